The van der Waals surface area contributed by atoms with Gasteiger partial charge in [-0.15, -0.1) is 0 Å². The summed E-state index contributed by atoms with van der Waals surface area (Å²) in [6.07, 6.45) is 5.19. The summed E-state index contributed by atoms with van der Waals surface area (Å²) in [6, 6.07) is 0. The monoisotopic (exact) mass is 206 g/mol. The van der Waals surface area contributed by atoms with Gasteiger partial charge in [0, 0.05) is 17.9 Å². The maximum absolute atomic E-state index is 12.1. The van der Waals surface area contributed by atoms with Crippen LogP contribution in [0.25, 0.3) is 0 Å². The highest BCUT2D eigenvalue weighted by Crippen LogP contribution is 2.52. The third kappa shape index (κ3) is 1.12. The summed E-state index contributed by atoms with van der Waals surface area (Å²) in [6.45, 7) is 0. The van der Waals surface area contributed by atoms with Crippen molar-refractivity contribution in [3.63, 3.8) is 0 Å². The number of aliphatic hydroxyl groups is 1. The van der Waals surface area contributed by atoms with E-state index in [1.165, 1.54) is 6.08 Å². The van der Waals surface area contributed by atoms with Crippen LogP contribution in [0.3, 0.4) is 0 Å². The minimum Gasteiger partial charge on any atom is -0.512 e. The molecular formula is C12H14O3. The van der Waals surface area contributed by atoms with E-state index in [1.807, 2.05) is 0 Å². The van der Waals surface area contributed by atoms with Gasteiger partial charge < -0.3 is 5.11 Å². The van der Waals surface area contributed by atoms with E-state index in [1.54, 1.807) is 0 Å². The number of fused-ring (bicyclic) bond motifs is 2. The topological polar surface area (TPSA) is 54.4 Å². The number of rotatable bonds is 2. The van der Waals surface area contributed by atoms with Crippen LogP contribution in [0, 0.1) is 17.3 Å². The molecule has 0 aliphatic heterocycles. The van der Waals surface area contributed by atoms with Gasteiger partial charge in [-0.1, -0.05) is 0 Å². The minimum absolute atomic E-state index is 0.0606. The number of Topliss-reactive ketones (excluding diaryl/α,β-unsaturated/α-hetero) is 1. The van der Waals surface area contributed by atoms with Crippen LogP contribution in [0.1, 0.15) is 32.1 Å². The summed E-state index contributed by atoms with van der Waals surface area (Å²) in [7, 11) is 0. The maximum Gasteiger partial charge on any atom is 0.172 e. The van der Waals surface area contributed by atoms with Gasteiger partial charge in [0.1, 0.15) is 5.78 Å². The minimum atomic E-state index is -0.738. The second-order valence-corrected chi connectivity index (χ2v) is 5.09. The number of carbonyl (C=O) groups is 2. The lowest BCUT2D eigenvalue weighted by Gasteiger charge is -2.28. The molecule has 15 heavy (non-hydrogen) atoms. The Labute approximate surface area is 88.2 Å². The molecule has 2 fully saturated rings. The number of hydrogen-bond donors (Lipinski definition) is 1. The summed E-state index contributed by atoms with van der Waals surface area (Å²) in [4.78, 5) is 24.0. The van der Waals surface area contributed by atoms with Crippen molar-refractivity contribution in [2.75, 3.05) is 0 Å². The molecule has 0 aromatic rings. The van der Waals surface area contributed by atoms with Gasteiger partial charge in [-0.3, -0.25) is 9.59 Å². The third-order valence-corrected chi connectivity index (χ3v) is 4.10. The number of aliphatic hydroxyl groups excluding tert-OH is 1. The molecule has 1 N–H and O–H groups in total. The van der Waals surface area contributed by atoms with Gasteiger partial charge in [-0.05, 0) is 32.1 Å². The first-order valence-electron chi connectivity index (χ1n) is 5.63. The van der Waals surface area contributed by atoms with Crippen LogP contribution in [-0.4, -0.2) is 16.7 Å². The highest BCUT2D eigenvalue weighted by Gasteiger charge is 2.56. The molecule has 0 spiro atoms. The van der Waals surface area contributed by atoms with Gasteiger partial charge in [0.25, 0.3) is 0 Å². The Morgan fingerprint density at radius 2 is 2.13 bits per heavy atom. The Balaban J connectivity index is 1.98. The van der Waals surface area contributed by atoms with E-state index >= 15 is 0 Å². The zero-order chi connectivity index (χ0) is 10.6. The van der Waals surface area contributed by atoms with Crippen LogP contribution in [-0.2, 0) is 9.59 Å². The zero-order valence-corrected chi connectivity index (χ0v) is 8.53. The summed E-state index contributed by atoms with van der Waals surface area (Å²) >= 11 is 0. The largest absolute Gasteiger partial charge is 0.512 e. The van der Waals surface area contributed by atoms with Gasteiger partial charge >= 0.3 is 0 Å². The van der Waals surface area contributed by atoms with Crippen LogP contribution >= 0.6 is 0 Å². The van der Waals surface area contributed by atoms with E-state index in [-0.39, 0.29) is 29.2 Å². The molecule has 2 saturated carbocycles. The van der Waals surface area contributed by atoms with Crippen molar-refractivity contribution >= 4 is 11.6 Å². The molecule has 2 atom stereocenters. The molecule has 3 aliphatic rings. The summed E-state index contributed by atoms with van der Waals surface area (Å²) in [5, 5.41) is 9.55. The molecule has 3 rings (SSSR count). The fraction of sp³-hybridized carbons (Fsp3) is 0.667. The van der Waals surface area contributed by atoms with E-state index < -0.39 is 5.41 Å². The molecule has 3 nitrogen and oxygen atoms in total. The Morgan fingerprint density at radius 1 is 1.40 bits per heavy atom. The van der Waals surface area contributed by atoms with Gasteiger partial charge in [0.05, 0.1) is 11.2 Å². The predicted molar refractivity (Wildman–Crippen MR) is 53.2 cm³/mol. The van der Waals surface area contributed by atoms with Crippen molar-refractivity contribution in [3.8, 4) is 0 Å². The first kappa shape index (κ1) is 9.13. The van der Waals surface area contributed by atoms with Crippen LogP contribution in [0.4, 0.5) is 0 Å². The van der Waals surface area contributed by atoms with Gasteiger partial charge in [-0.25, -0.2) is 0 Å². The molecular weight excluding hydrogens is 192 g/mol. The molecule has 2 unspecified atom stereocenters. The average molecular weight is 206 g/mol. The van der Waals surface area contributed by atoms with Crippen LogP contribution in [0.15, 0.2) is 11.8 Å². The fourth-order valence-corrected chi connectivity index (χ4v) is 2.99. The second-order valence-electron chi connectivity index (χ2n) is 5.09. The normalized spacial score (nSPS) is 39.1. The van der Waals surface area contributed by atoms with Crippen molar-refractivity contribution in [2.24, 2.45) is 17.3 Å². The Bertz CT molecular complexity index is 378. The summed E-state index contributed by atoms with van der Waals surface area (Å²) in [5.41, 5.74) is -0.738. The predicted octanol–water partition coefficient (Wildman–Crippen LogP) is 1.78. The Kier molecular flexibility index (Phi) is 1.65. The highest BCUT2D eigenvalue weighted by atomic mass is 16.3. The lowest BCUT2D eigenvalue weighted by Crippen LogP contribution is -2.39. The molecule has 0 radical (unpaired) electrons. The smallest absolute Gasteiger partial charge is 0.172 e. The molecule has 80 valence electrons. The van der Waals surface area contributed by atoms with Crippen molar-refractivity contribution in [3.05, 3.63) is 11.8 Å². The van der Waals surface area contributed by atoms with Crippen molar-refractivity contribution in [1.82, 2.24) is 0 Å². The quantitative estimate of drug-likeness (QED) is 0.700. The molecule has 0 saturated heterocycles. The Hall–Kier alpha value is -1.12. The molecule has 0 aromatic carbocycles. The van der Waals surface area contributed by atoms with E-state index in [0.717, 1.165) is 19.3 Å². The average Bonchev–Trinajstić information content (AvgIpc) is 2.95. The molecule has 0 heterocycles. The standard InChI is InChI=1S/C12H14O3/c13-9-5-10(14)12(4-3-8(9)6-12)11(15)7-1-2-7/h5,7-8,13H,1-4,6H2. The fourth-order valence-electron chi connectivity index (χ4n) is 2.99. The van der Waals surface area contributed by atoms with Crippen molar-refractivity contribution in [2.45, 2.75) is 32.1 Å². The van der Waals surface area contributed by atoms with E-state index in [9.17, 15) is 14.7 Å². The first-order chi connectivity index (χ1) is 7.13. The van der Waals surface area contributed by atoms with Crippen LogP contribution in [0.5, 0.6) is 0 Å². The van der Waals surface area contributed by atoms with Crippen molar-refractivity contribution < 1.29 is 14.7 Å². The molecule has 3 aliphatic carbocycles. The molecule has 2 bridgehead atoms. The SMILES string of the molecule is O=C1C=C(O)C2CCC1(C(=O)C1CC1)C2. The number of ketones is 2. The summed E-state index contributed by atoms with van der Waals surface area (Å²) < 4.78 is 0. The van der Waals surface area contributed by atoms with E-state index in [2.05, 4.69) is 0 Å². The Morgan fingerprint density at radius 3 is 2.80 bits per heavy atom. The number of hydrogen-bond acceptors (Lipinski definition) is 3. The van der Waals surface area contributed by atoms with Gasteiger partial charge in [0.15, 0.2) is 5.78 Å². The highest BCUT2D eigenvalue weighted by molar-refractivity contribution is 6.14. The lowest BCUT2D eigenvalue weighted by molar-refractivity contribution is -0.139. The van der Waals surface area contributed by atoms with Crippen LogP contribution in [0.2, 0.25) is 0 Å². The molecule has 3 heteroatoms. The van der Waals surface area contributed by atoms with E-state index in [4.69, 9.17) is 0 Å². The lowest BCUT2D eigenvalue weighted by atomic mass is 9.72. The third-order valence-electron chi connectivity index (χ3n) is 4.10. The summed E-state index contributed by atoms with van der Waals surface area (Å²) in [5.74, 6) is 0.396. The van der Waals surface area contributed by atoms with Crippen molar-refractivity contribution in [1.29, 1.82) is 0 Å². The zero-order valence-electron chi connectivity index (χ0n) is 8.53. The number of allylic oxidation sites excluding steroid dienone is 2. The van der Waals surface area contributed by atoms with Crippen LogP contribution < -0.4 is 0 Å². The van der Waals surface area contributed by atoms with E-state index in [0.29, 0.717) is 12.8 Å². The molecule has 0 amide bonds. The second kappa shape index (κ2) is 2.71. The van der Waals surface area contributed by atoms with Gasteiger partial charge in [0.2, 0.25) is 0 Å². The molecule has 0 aromatic heterocycles. The van der Waals surface area contributed by atoms with Gasteiger partial charge in [-0.2, -0.15) is 0 Å². The number of carbonyl (C=O) groups excluding carboxylic acids is 2. The maximum atomic E-state index is 12.1. The first-order valence-corrected chi connectivity index (χ1v) is 5.63.